The van der Waals surface area contributed by atoms with Gasteiger partial charge in [0.05, 0.1) is 0 Å². The van der Waals surface area contributed by atoms with E-state index < -0.39 is 0 Å². The summed E-state index contributed by atoms with van der Waals surface area (Å²) < 4.78 is 2.93. The Labute approximate surface area is 119 Å². The molecule has 0 aromatic heterocycles. The molecule has 2 heteroatoms. The quantitative estimate of drug-likeness (QED) is 0.802. The van der Waals surface area contributed by atoms with E-state index in [9.17, 15) is 0 Å². The number of hydrogen-bond donors (Lipinski definition) is 1. The summed E-state index contributed by atoms with van der Waals surface area (Å²) in [5.74, 6) is 0. The van der Waals surface area contributed by atoms with Crippen molar-refractivity contribution in [2.75, 3.05) is 0 Å². The van der Waals surface area contributed by atoms with Gasteiger partial charge < -0.3 is 4.72 Å². The lowest BCUT2D eigenvalue weighted by molar-refractivity contribution is 1.19. The van der Waals surface area contributed by atoms with Crippen molar-refractivity contribution in [1.82, 2.24) is 4.72 Å². The van der Waals surface area contributed by atoms with E-state index in [1.54, 1.807) is 11.9 Å². The highest BCUT2D eigenvalue weighted by Gasteiger charge is 1.92. The smallest absolute Gasteiger partial charge is 0.00756 e. The Morgan fingerprint density at radius 3 is 1.63 bits per heavy atom. The van der Waals surface area contributed by atoms with Crippen LogP contribution in [0.3, 0.4) is 0 Å². The van der Waals surface area contributed by atoms with Gasteiger partial charge in [-0.15, -0.1) is 0 Å². The van der Waals surface area contributed by atoms with Crippen LogP contribution in [0.15, 0.2) is 84.4 Å². The molecule has 1 nitrogen and oxygen atoms in total. The molecule has 0 amide bonds. The Balaban J connectivity index is 0.000000186. The molecule has 1 heterocycles. The van der Waals surface area contributed by atoms with Crippen LogP contribution in [0, 0.1) is 0 Å². The fourth-order valence-corrected chi connectivity index (χ4v) is 2.09. The van der Waals surface area contributed by atoms with Crippen LogP contribution in [0.5, 0.6) is 0 Å². The molecule has 2 aromatic carbocycles. The summed E-state index contributed by atoms with van der Waals surface area (Å²) in [7, 11) is 0. The van der Waals surface area contributed by atoms with Gasteiger partial charge in [-0.2, -0.15) is 0 Å². The molecule has 1 aliphatic heterocycles. The minimum absolute atomic E-state index is 1.03. The summed E-state index contributed by atoms with van der Waals surface area (Å²) in [6.07, 6.45) is 6.87. The lowest BCUT2D eigenvalue weighted by Gasteiger charge is -2.00. The molecule has 0 atom stereocenters. The van der Waals surface area contributed by atoms with E-state index in [-0.39, 0.29) is 0 Å². The molecule has 0 saturated carbocycles. The Bertz CT molecular complexity index is 468. The molecule has 3 rings (SSSR count). The molecule has 0 unspecified atom stereocenters. The molecule has 2 aromatic rings. The lowest BCUT2D eigenvalue weighted by atomic mass is 10.1. The zero-order valence-corrected chi connectivity index (χ0v) is 11.5. The normalized spacial score (nSPS) is 12.2. The third-order valence-corrected chi connectivity index (χ3v) is 3.15. The average Bonchev–Trinajstić information content (AvgIpc) is 2.52. The van der Waals surface area contributed by atoms with Crippen molar-refractivity contribution in [2.45, 2.75) is 6.42 Å². The molecule has 0 fully saturated rings. The van der Waals surface area contributed by atoms with Crippen LogP contribution >= 0.6 is 11.9 Å². The molecule has 0 radical (unpaired) electrons. The molecule has 0 bridgehead atoms. The Morgan fingerprint density at radius 1 is 0.737 bits per heavy atom. The molecule has 0 saturated heterocycles. The van der Waals surface area contributed by atoms with Gasteiger partial charge in [0, 0.05) is 6.20 Å². The number of hydrogen-bond acceptors (Lipinski definition) is 2. The van der Waals surface area contributed by atoms with E-state index in [0.717, 1.165) is 6.42 Å². The lowest BCUT2D eigenvalue weighted by Crippen LogP contribution is -1.88. The van der Waals surface area contributed by atoms with Crippen molar-refractivity contribution in [3.05, 3.63) is 95.6 Å². The van der Waals surface area contributed by atoms with Crippen molar-refractivity contribution in [3.8, 4) is 0 Å². The van der Waals surface area contributed by atoms with Gasteiger partial charge in [-0.25, -0.2) is 0 Å². The Kier molecular flexibility index (Phi) is 5.84. The van der Waals surface area contributed by atoms with Crippen LogP contribution in [-0.4, -0.2) is 0 Å². The minimum Gasteiger partial charge on any atom is -0.333 e. The van der Waals surface area contributed by atoms with Crippen LogP contribution < -0.4 is 4.72 Å². The van der Waals surface area contributed by atoms with Crippen LogP contribution in [0.1, 0.15) is 11.1 Å². The predicted octanol–water partition coefficient (Wildman–Crippen LogP) is 4.54. The van der Waals surface area contributed by atoms with Gasteiger partial charge in [-0.3, -0.25) is 0 Å². The molecule has 1 N–H and O–H groups in total. The van der Waals surface area contributed by atoms with Crippen LogP contribution in [0.4, 0.5) is 0 Å². The second kappa shape index (κ2) is 8.22. The van der Waals surface area contributed by atoms with Gasteiger partial charge in [0.25, 0.3) is 0 Å². The third-order valence-electron chi connectivity index (χ3n) is 2.58. The Hall–Kier alpha value is -1.93. The number of allylic oxidation sites excluding steroid dienone is 2. The maximum Gasteiger partial charge on any atom is 0.00756 e. The Morgan fingerprint density at radius 2 is 1.32 bits per heavy atom. The minimum atomic E-state index is 1.03. The molecule has 0 aliphatic carbocycles. The van der Waals surface area contributed by atoms with Crippen molar-refractivity contribution < 1.29 is 0 Å². The standard InChI is InChI=1S/C13H12.C4H5NS/c1-3-7-12(8-4-1)11-13-9-5-2-6-10-13;1-2-4-6-5-3-1/h1-10H,11H2;1-5H. The summed E-state index contributed by atoms with van der Waals surface area (Å²) in [5.41, 5.74) is 2.74. The first-order chi connectivity index (χ1) is 9.45. The maximum atomic E-state index is 2.93. The zero-order valence-electron chi connectivity index (χ0n) is 10.7. The fraction of sp³-hybridized carbons (Fsp3) is 0.0588. The first kappa shape index (κ1) is 13.5. The van der Waals surface area contributed by atoms with E-state index in [0.29, 0.717) is 0 Å². The largest absolute Gasteiger partial charge is 0.333 e. The fourth-order valence-electron chi connectivity index (χ4n) is 1.69. The van der Waals surface area contributed by atoms with Crippen LogP contribution in [0.25, 0.3) is 0 Å². The van der Waals surface area contributed by atoms with Crippen molar-refractivity contribution in [1.29, 1.82) is 0 Å². The summed E-state index contributed by atoms with van der Waals surface area (Å²) >= 11 is 1.58. The molecule has 19 heavy (non-hydrogen) atoms. The molecule has 1 aliphatic rings. The number of benzene rings is 2. The maximum absolute atomic E-state index is 2.93. The van der Waals surface area contributed by atoms with Crippen LogP contribution in [-0.2, 0) is 6.42 Å². The molecular formula is C17H17NS. The van der Waals surface area contributed by atoms with Gasteiger partial charge >= 0.3 is 0 Å². The first-order valence-electron chi connectivity index (χ1n) is 6.26. The van der Waals surface area contributed by atoms with Gasteiger partial charge in [-0.05, 0) is 41.0 Å². The zero-order chi connectivity index (χ0) is 13.2. The number of nitrogens with one attached hydrogen (secondary N) is 1. The third kappa shape index (κ3) is 5.49. The van der Waals surface area contributed by atoms with Gasteiger partial charge in [-0.1, -0.05) is 66.7 Å². The predicted molar refractivity (Wildman–Crippen MR) is 84.7 cm³/mol. The van der Waals surface area contributed by atoms with Gasteiger partial charge in [0.15, 0.2) is 0 Å². The van der Waals surface area contributed by atoms with Crippen molar-refractivity contribution in [2.24, 2.45) is 0 Å². The highest BCUT2D eigenvalue weighted by atomic mass is 32.2. The van der Waals surface area contributed by atoms with E-state index in [4.69, 9.17) is 0 Å². The average molecular weight is 267 g/mol. The summed E-state index contributed by atoms with van der Waals surface area (Å²) in [4.78, 5) is 0. The van der Waals surface area contributed by atoms with E-state index in [1.807, 2.05) is 23.8 Å². The molecule has 96 valence electrons. The summed E-state index contributed by atoms with van der Waals surface area (Å²) in [6, 6.07) is 21.1. The second-order valence-corrected chi connectivity index (χ2v) is 4.81. The van der Waals surface area contributed by atoms with Gasteiger partial charge in [0.1, 0.15) is 0 Å². The van der Waals surface area contributed by atoms with Crippen LogP contribution in [0.2, 0.25) is 0 Å². The topological polar surface area (TPSA) is 12.0 Å². The SMILES string of the molecule is C1=CNSC=C1.c1ccc(Cc2ccccc2)cc1. The van der Waals surface area contributed by atoms with Crippen molar-refractivity contribution in [3.63, 3.8) is 0 Å². The highest BCUT2D eigenvalue weighted by Crippen LogP contribution is 2.07. The van der Waals surface area contributed by atoms with Crippen molar-refractivity contribution >= 4 is 11.9 Å². The number of rotatable bonds is 2. The van der Waals surface area contributed by atoms with E-state index >= 15 is 0 Å². The molecule has 0 spiro atoms. The summed E-state index contributed by atoms with van der Waals surface area (Å²) in [5, 5.41) is 1.99. The van der Waals surface area contributed by atoms with Gasteiger partial charge in [0.2, 0.25) is 0 Å². The monoisotopic (exact) mass is 267 g/mol. The van der Waals surface area contributed by atoms with E-state index in [2.05, 4.69) is 65.4 Å². The first-order valence-corrected chi connectivity index (χ1v) is 7.14. The van der Waals surface area contributed by atoms with E-state index in [1.165, 1.54) is 11.1 Å². The summed E-state index contributed by atoms with van der Waals surface area (Å²) in [6.45, 7) is 0. The highest BCUT2D eigenvalue weighted by molar-refractivity contribution is 8.00. The molecular weight excluding hydrogens is 250 g/mol. The second-order valence-electron chi connectivity index (χ2n) is 4.07.